The predicted molar refractivity (Wildman–Crippen MR) is 65.4 cm³/mol. The zero-order valence-electron chi connectivity index (χ0n) is 10.8. The molecule has 1 rings (SSSR count). The Morgan fingerprint density at radius 3 is 2.74 bits per heavy atom. The number of likely N-dealkylation sites (tertiary alicyclic amines) is 1. The summed E-state index contributed by atoms with van der Waals surface area (Å²) >= 11 is 0. The summed E-state index contributed by atoms with van der Waals surface area (Å²) in [5.74, 6) is -2.06. The monoisotopic (exact) mass is 273 g/mol. The Kier molecular flexibility index (Phi) is 5.56. The largest absolute Gasteiger partial charge is 0.480 e. The summed E-state index contributed by atoms with van der Waals surface area (Å²) in [4.78, 5) is 35.0. The van der Waals surface area contributed by atoms with Gasteiger partial charge in [-0.3, -0.25) is 4.79 Å². The molecule has 4 N–H and O–H groups in total. The summed E-state index contributed by atoms with van der Waals surface area (Å²) < 4.78 is 5.18. The minimum absolute atomic E-state index is 0.0427. The minimum Gasteiger partial charge on any atom is -0.480 e. The van der Waals surface area contributed by atoms with E-state index in [9.17, 15) is 14.4 Å². The number of ether oxygens (including phenoxy) is 1. The van der Waals surface area contributed by atoms with Crippen molar-refractivity contribution in [3.8, 4) is 0 Å². The smallest absolute Gasteiger partial charge is 0.326 e. The number of carboxylic acids is 1. The first-order valence-corrected chi connectivity index (χ1v) is 6.03. The van der Waals surface area contributed by atoms with Crippen LogP contribution in [-0.2, 0) is 14.3 Å². The number of methoxy groups -OCH3 is 1. The van der Waals surface area contributed by atoms with Gasteiger partial charge in [0.05, 0.1) is 12.5 Å². The Hall–Kier alpha value is -1.83. The van der Waals surface area contributed by atoms with Gasteiger partial charge in [0, 0.05) is 20.2 Å². The summed E-state index contributed by atoms with van der Waals surface area (Å²) in [6, 6.07) is -1.82. The zero-order chi connectivity index (χ0) is 14.4. The lowest BCUT2D eigenvalue weighted by molar-refractivity contribution is -0.141. The summed E-state index contributed by atoms with van der Waals surface area (Å²) in [6.07, 6.45) is 1.19. The van der Waals surface area contributed by atoms with Gasteiger partial charge < -0.3 is 25.8 Å². The lowest BCUT2D eigenvalue weighted by Gasteiger charge is -2.32. The molecular formula is C11H19N3O5. The van der Waals surface area contributed by atoms with Crippen LogP contribution in [0.15, 0.2) is 0 Å². The molecule has 1 aliphatic heterocycles. The van der Waals surface area contributed by atoms with Gasteiger partial charge in [-0.25, -0.2) is 9.59 Å². The number of piperidine rings is 1. The second-order valence-corrected chi connectivity index (χ2v) is 4.46. The maximum absolute atomic E-state index is 11.9. The van der Waals surface area contributed by atoms with Crippen molar-refractivity contribution >= 4 is 17.9 Å². The highest BCUT2D eigenvalue weighted by molar-refractivity contribution is 5.87. The lowest BCUT2D eigenvalue weighted by Crippen LogP contribution is -2.52. The van der Waals surface area contributed by atoms with E-state index in [1.807, 2.05) is 0 Å². The molecule has 1 unspecified atom stereocenters. The van der Waals surface area contributed by atoms with Crippen LogP contribution in [0.1, 0.15) is 19.3 Å². The Morgan fingerprint density at radius 1 is 1.53 bits per heavy atom. The van der Waals surface area contributed by atoms with E-state index in [-0.39, 0.29) is 6.10 Å². The second kappa shape index (κ2) is 6.93. The highest BCUT2D eigenvalue weighted by Crippen LogP contribution is 2.12. The van der Waals surface area contributed by atoms with Gasteiger partial charge in [0.15, 0.2) is 0 Å². The number of carbonyl (C=O) groups excluding carboxylic acids is 2. The van der Waals surface area contributed by atoms with Gasteiger partial charge in [-0.2, -0.15) is 0 Å². The number of aliphatic carboxylic acids is 1. The number of nitrogens with one attached hydrogen (secondary N) is 1. The molecule has 8 heteroatoms. The summed E-state index contributed by atoms with van der Waals surface area (Å²) in [5.41, 5.74) is 4.94. The van der Waals surface area contributed by atoms with Crippen LogP contribution in [0.25, 0.3) is 0 Å². The van der Waals surface area contributed by atoms with Crippen molar-refractivity contribution in [2.45, 2.75) is 31.4 Å². The highest BCUT2D eigenvalue weighted by Gasteiger charge is 2.28. The van der Waals surface area contributed by atoms with Crippen LogP contribution in [0.3, 0.4) is 0 Å². The molecule has 0 aliphatic carbocycles. The van der Waals surface area contributed by atoms with Gasteiger partial charge in [0.2, 0.25) is 5.91 Å². The van der Waals surface area contributed by atoms with E-state index in [1.54, 1.807) is 7.11 Å². The third kappa shape index (κ3) is 4.74. The molecule has 0 aromatic heterocycles. The van der Waals surface area contributed by atoms with Crippen molar-refractivity contribution in [1.29, 1.82) is 0 Å². The number of hydrogen-bond donors (Lipinski definition) is 3. The fraction of sp³-hybridized carbons (Fsp3) is 0.727. The molecule has 1 saturated heterocycles. The van der Waals surface area contributed by atoms with E-state index in [1.165, 1.54) is 4.90 Å². The maximum Gasteiger partial charge on any atom is 0.326 e. The Bertz CT molecular complexity index is 360. The van der Waals surface area contributed by atoms with E-state index in [0.29, 0.717) is 13.1 Å². The van der Waals surface area contributed by atoms with E-state index in [4.69, 9.17) is 15.6 Å². The minimum atomic E-state index is -1.30. The zero-order valence-corrected chi connectivity index (χ0v) is 10.8. The van der Waals surface area contributed by atoms with Gasteiger partial charge in [-0.1, -0.05) is 0 Å². The van der Waals surface area contributed by atoms with Crippen LogP contribution in [0, 0.1) is 0 Å². The molecule has 2 atom stereocenters. The van der Waals surface area contributed by atoms with E-state index < -0.39 is 30.4 Å². The van der Waals surface area contributed by atoms with Crippen LogP contribution in [0.4, 0.5) is 4.79 Å². The SMILES string of the molecule is COC1CCCN(C(=O)N[C@@H](CC(N)=O)C(=O)O)C1. The quantitative estimate of drug-likeness (QED) is 0.601. The molecule has 0 saturated carbocycles. The van der Waals surface area contributed by atoms with Gasteiger partial charge in [0.25, 0.3) is 0 Å². The molecule has 1 heterocycles. The summed E-state index contributed by atoms with van der Waals surface area (Å²) in [6.45, 7) is 0.944. The van der Waals surface area contributed by atoms with Crippen molar-refractivity contribution in [3.05, 3.63) is 0 Å². The Labute approximate surface area is 110 Å². The van der Waals surface area contributed by atoms with Crippen molar-refractivity contribution in [3.63, 3.8) is 0 Å². The molecular weight excluding hydrogens is 254 g/mol. The van der Waals surface area contributed by atoms with Gasteiger partial charge in [-0.15, -0.1) is 0 Å². The van der Waals surface area contributed by atoms with Crippen LogP contribution in [-0.4, -0.2) is 60.3 Å². The number of carboxylic acid groups (broad SMARTS) is 1. The third-order valence-corrected chi connectivity index (χ3v) is 3.00. The Morgan fingerprint density at radius 2 is 2.21 bits per heavy atom. The standard InChI is InChI=1S/C11H19N3O5/c1-19-7-3-2-4-14(6-7)11(18)13-8(10(16)17)5-9(12)15/h7-8H,2-6H2,1H3,(H2,12,15)(H,13,18)(H,16,17)/t7?,8-/m0/s1. The number of hydrogen-bond acceptors (Lipinski definition) is 4. The number of urea groups is 1. The average molecular weight is 273 g/mol. The lowest BCUT2D eigenvalue weighted by atomic mass is 10.1. The number of carbonyl (C=O) groups is 3. The van der Waals surface area contributed by atoms with E-state index >= 15 is 0 Å². The van der Waals surface area contributed by atoms with Gasteiger partial charge in [-0.05, 0) is 12.8 Å². The van der Waals surface area contributed by atoms with Crippen molar-refractivity contribution in [1.82, 2.24) is 10.2 Å². The van der Waals surface area contributed by atoms with Gasteiger partial charge in [0.1, 0.15) is 6.04 Å². The van der Waals surface area contributed by atoms with Crippen molar-refractivity contribution in [2.75, 3.05) is 20.2 Å². The molecule has 1 aliphatic rings. The number of nitrogens with two attached hydrogens (primary N) is 1. The topological polar surface area (TPSA) is 122 Å². The van der Waals surface area contributed by atoms with Crippen LogP contribution in [0.5, 0.6) is 0 Å². The number of amides is 3. The third-order valence-electron chi connectivity index (χ3n) is 3.00. The molecule has 19 heavy (non-hydrogen) atoms. The average Bonchev–Trinajstić information content (AvgIpc) is 2.37. The molecule has 0 spiro atoms. The van der Waals surface area contributed by atoms with Crippen LogP contribution < -0.4 is 11.1 Å². The fourth-order valence-electron chi connectivity index (χ4n) is 1.96. The van der Waals surface area contributed by atoms with Crippen LogP contribution >= 0.6 is 0 Å². The fourth-order valence-corrected chi connectivity index (χ4v) is 1.96. The number of nitrogens with zero attached hydrogens (tertiary/aromatic N) is 1. The normalized spacial score (nSPS) is 20.7. The van der Waals surface area contributed by atoms with E-state index in [0.717, 1.165) is 12.8 Å². The molecule has 1 fully saturated rings. The highest BCUT2D eigenvalue weighted by atomic mass is 16.5. The molecule has 108 valence electrons. The molecule has 3 amide bonds. The molecule has 0 bridgehead atoms. The first kappa shape index (κ1) is 15.2. The van der Waals surface area contributed by atoms with Gasteiger partial charge >= 0.3 is 12.0 Å². The first-order chi connectivity index (χ1) is 8.93. The second-order valence-electron chi connectivity index (χ2n) is 4.46. The van der Waals surface area contributed by atoms with Crippen LogP contribution in [0.2, 0.25) is 0 Å². The number of primary amides is 1. The Balaban J connectivity index is 2.56. The first-order valence-electron chi connectivity index (χ1n) is 6.03. The maximum atomic E-state index is 11.9. The molecule has 8 nitrogen and oxygen atoms in total. The van der Waals surface area contributed by atoms with Crippen molar-refractivity contribution in [2.24, 2.45) is 5.73 Å². The molecule has 0 radical (unpaired) electrons. The molecule has 0 aromatic carbocycles. The summed E-state index contributed by atoms with van der Waals surface area (Å²) in [5, 5.41) is 11.2. The number of rotatable bonds is 5. The van der Waals surface area contributed by atoms with Crippen molar-refractivity contribution < 1.29 is 24.2 Å². The van der Waals surface area contributed by atoms with E-state index in [2.05, 4.69) is 5.32 Å². The molecule has 0 aromatic rings. The predicted octanol–water partition coefficient (Wildman–Crippen LogP) is -0.865. The summed E-state index contributed by atoms with van der Waals surface area (Å²) in [7, 11) is 1.57.